The Balaban J connectivity index is 1.81. The molecule has 1 aromatic rings. The molecule has 1 saturated heterocycles. The average Bonchev–Trinajstić information content (AvgIpc) is 2.93. The van der Waals surface area contributed by atoms with Gasteiger partial charge in [-0.25, -0.2) is 0 Å². The van der Waals surface area contributed by atoms with Crippen LogP contribution >= 0.6 is 11.8 Å². The Morgan fingerprint density at radius 3 is 2.79 bits per heavy atom. The Morgan fingerprint density at radius 1 is 1.21 bits per heavy atom. The second-order valence-corrected chi connectivity index (χ2v) is 6.51. The highest BCUT2D eigenvalue weighted by molar-refractivity contribution is 7.99. The summed E-state index contributed by atoms with van der Waals surface area (Å²) in [5, 5.41) is 3.61. The van der Waals surface area contributed by atoms with Gasteiger partial charge in [0.05, 0.1) is 0 Å². The van der Waals surface area contributed by atoms with Gasteiger partial charge in [-0.05, 0) is 55.5 Å². The second-order valence-electron chi connectivity index (χ2n) is 5.12. The van der Waals surface area contributed by atoms with Crippen LogP contribution in [0.5, 0.6) is 0 Å². The van der Waals surface area contributed by atoms with Crippen LogP contribution in [0.4, 0.5) is 5.69 Å². The van der Waals surface area contributed by atoms with E-state index in [-0.39, 0.29) is 0 Å². The third-order valence-corrected chi connectivity index (χ3v) is 4.58. The zero-order valence-electron chi connectivity index (χ0n) is 12.0. The van der Waals surface area contributed by atoms with Gasteiger partial charge in [0.1, 0.15) is 0 Å². The van der Waals surface area contributed by atoms with E-state index < -0.39 is 0 Å². The number of nitrogens with zero attached hydrogens (tertiary/aromatic N) is 1. The van der Waals surface area contributed by atoms with E-state index >= 15 is 0 Å². The van der Waals surface area contributed by atoms with Crippen molar-refractivity contribution in [2.45, 2.75) is 32.7 Å². The summed E-state index contributed by atoms with van der Waals surface area (Å²) in [6, 6.07) is 8.78. The van der Waals surface area contributed by atoms with Crippen molar-refractivity contribution in [2.24, 2.45) is 0 Å². The first-order valence-electron chi connectivity index (χ1n) is 7.52. The molecule has 3 heteroatoms. The van der Waals surface area contributed by atoms with E-state index in [9.17, 15) is 0 Å². The second kappa shape index (κ2) is 8.49. The number of thioether (sulfide) groups is 1. The van der Waals surface area contributed by atoms with Crippen LogP contribution in [-0.4, -0.2) is 36.0 Å². The zero-order valence-corrected chi connectivity index (χ0v) is 12.8. The minimum Gasteiger partial charge on any atom is -0.385 e. The first kappa shape index (κ1) is 14.7. The predicted molar refractivity (Wildman–Crippen MR) is 87.1 cm³/mol. The maximum Gasteiger partial charge on any atom is 0.0385 e. The lowest BCUT2D eigenvalue weighted by Crippen LogP contribution is -2.19. The van der Waals surface area contributed by atoms with Crippen LogP contribution in [-0.2, 0) is 6.54 Å². The number of anilines is 1. The lowest BCUT2D eigenvalue weighted by molar-refractivity contribution is 0.332. The Morgan fingerprint density at radius 2 is 2.00 bits per heavy atom. The monoisotopic (exact) mass is 278 g/mol. The van der Waals surface area contributed by atoms with Gasteiger partial charge in [-0.2, -0.15) is 11.8 Å². The molecule has 1 fully saturated rings. The third kappa shape index (κ3) is 5.07. The number of hydrogen-bond donors (Lipinski definition) is 1. The quantitative estimate of drug-likeness (QED) is 0.727. The van der Waals surface area contributed by atoms with Crippen molar-refractivity contribution in [3.63, 3.8) is 0 Å². The van der Waals surface area contributed by atoms with Crippen molar-refractivity contribution in [1.82, 2.24) is 4.90 Å². The highest BCUT2D eigenvalue weighted by Crippen LogP contribution is 2.20. The minimum absolute atomic E-state index is 1.09. The first-order chi connectivity index (χ1) is 9.40. The molecular weight excluding hydrogens is 252 g/mol. The number of likely N-dealkylation sites (tertiary alicyclic amines) is 1. The van der Waals surface area contributed by atoms with E-state index in [0.29, 0.717) is 0 Å². The van der Waals surface area contributed by atoms with E-state index in [4.69, 9.17) is 0 Å². The number of benzene rings is 1. The molecule has 0 amide bonds. The van der Waals surface area contributed by atoms with E-state index in [1.165, 1.54) is 55.1 Å². The lowest BCUT2D eigenvalue weighted by atomic mass is 10.1. The van der Waals surface area contributed by atoms with E-state index in [2.05, 4.69) is 41.4 Å². The predicted octanol–water partition coefficient (Wildman–Crippen LogP) is 3.84. The fraction of sp³-hybridized carbons (Fsp3) is 0.625. The Kier molecular flexibility index (Phi) is 6.58. The molecular formula is C16H26N2S. The van der Waals surface area contributed by atoms with Gasteiger partial charge in [-0.15, -0.1) is 0 Å². The van der Waals surface area contributed by atoms with Gasteiger partial charge in [0.15, 0.2) is 0 Å². The smallest absolute Gasteiger partial charge is 0.0385 e. The molecule has 0 bridgehead atoms. The maximum absolute atomic E-state index is 3.61. The number of hydrogen-bond acceptors (Lipinski definition) is 3. The average molecular weight is 278 g/mol. The Labute approximate surface area is 122 Å². The summed E-state index contributed by atoms with van der Waals surface area (Å²) < 4.78 is 0. The van der Waals surface area contributed by atoms with Crippen LogP contribution in [0, 0.1) is 0 Å². The van der Waals surface area contributed by atoms with Gasteiger partial charge in [0, 0.05) is 18.8 Å². The third-order valence-electron chi connectivity index (χ3n) is 3.60. The van der Waals surface area contributed by atoms with Crippen LogP contribution in [0.25, 0.3) is 0 Å². The van der Waals surface area contributed by atoms with Crippen molar-refractivity contribution < 1.29 is 0 Å². The molecule has 1 aliphatic heterocycles. The molecule has 0 saturated carbocycles. The summed E-state index contributed by atoms with van der Waals surface area (Å²) in [5.74, 6) is 2.49. The summed E-state index contributed by atoms with van der Waals surface area (Å²) in [6.07, 6.45) is 3.98. The fourth-order valence-corrected chi connectivity index (χ4v) is 3.19. The largest absolute Gasteiger partial charge is 0.385 e. The number of nitrogens with one attached hydrogen (secondary N) is 1. The molecule has 0 spiro atoms. The van der Waals surface area contributed by atoms with Gasteiger partial charge < -0.3 is 5.32 Å². The molecule has 1 aliphatic rings. The Hall–Kier alpha value is -0.670. The van der Waals surface area contributed by atoms with Crippen molar-refractivity contribution in [2.75, 3.05) is 36.5 Å². The molecule has 1 heterocycles. The van der Waals surface area contributed by atoms with Crippen LogP contribution in [0.1, 0.15) is 31.7 Å². The molecule has 19 heavy (non-hydrogen) atoms. The normalized spacial score (nSPS) is 15.8. The number of rotatable bonds is 8. The molecule has 0 radical (unpaired) electrons. The zero-order chi connectivity index (χ0) is 13.3. The van der Waals surface area contributed by atoms with Crippen LogP contribution in [0.3, 0.4) is 0 Å². The molecule has 2 nitrogen and oxygen atoms in total. The molecule has 0 aromatic heterocycles. The fourth-order valence-electron chi connectivity index (χ4n) is 2.55. The standard InChI is InChI=1S/C16H26N2S/c1-2-19-13-7-10-17-16-9-4-3-8-15(16)14-18-11-5-6-12-18/h3-4,8-9,17H,2,5-7,10-14H2,1H3. The highest BCUT2D eigenvalue weighted by Gasteiger charge is 2.13. The van der Waals surface area contributed by atoms with Crippen LogP contribution < -0.4 is 5.32 Å². The van der Waals surface area contributed by atoms with Gasteiger partial charge in [0.25, 0.3) is 0 Å². The summed E-state index contributed by atoms with van der Waals surface area (Å²) >= 11 is 2.03. The topological polar surface area (TPSA) is 15.3 Å². The van der Waals surface area contributed by atoms with Crippen LogP contribution in [0.2, 0.25) is 0 Å². The Bertz CT molecular complexity index is 362. The van der Waals surface area contributed by atoms with Crippen LogP contribution in [0.15, 0.2) is 24.3 Å². The molecule has 106 valence electrons. The van der Waals surface area contributed by atoms with Gasteiger partial charge in [-0.1, -0.05) is 25.1 Å². The van der Waals surface area contributed by atoms with Crippen molar-refractivity contribution in [3.8, 4) is 0 Å². The molecule has 0 aliphatic carbocycles. The summed E-state index contributed by atoms with van der Waals surface area (Å²) in [7, 11) is 0. The molecule has 1 N–H and O–H groups in total. The molecule has 2 rings (SSSR count). The number of para-hydroxylation sites is 1. The highest BCUT2D eigenvalue weighted by atomic mass is 32.2. The SMILES string of the molecule is CCSCCCNc1ccccc1CN1CCCC1. The molecule has 0 atom stereocenters. The van der Waals surface area contributed by atoms with E-state index in [1.807, 2.05) is 11.8 Å². The summed E-state index contributed by atoms with van der Waals surface area (Å²) in [6.45, 7) is 6.95. The van der Waals surface area contributed by atoms with Gasteiger partial charge >= 0.3 is 0 Å². The van der Waals surface area contributed by atoms with Crippen molar-refractivity contribution in [1.29, 1.82) is 0 Å². The van der Waals surface area contributed by atoms with Gasteiger partial charge in [-0.3, -0.25) is 4.90 Å². The minimum atomic E-state index is 1.09. The lowest BCUT2D eigenvalue weighted by Gasteiger charge is -2.18. The van der Waals surface area contributed by atoms with Gasteiger partial charge in [0.2, 0.25) is 0 Å². The molecule has 1 aromatic carbocycles. The first-order valence-corrected chi connectivity index (χ1v) is 8.67. The maximum atomic E-state index is 3.61. The van der Waals surface area contributed by atoms with Crippen molar-refractivity contribution >= 4 is 17.4 Å². The van der Waals surface area contributed by atoms with Crippen molar-refractivity contribution in [3.05, 3.63) is 29.8 Å². The summed E-state index contributed by atoms with van der Waals surface area (Å²) in [5.41, 5.74) is 2.78. The molecule has 0 unspecified atom stereocenters. The van der Waals surface area contributed by atoms with E-state index in [0.717, 1.165) is 13.1 Å². The summed E-state index contributed by atoms with van der Waals surface area (Å²) in [4.78, 5) is 2.56. The van der Waals surface area contributed by atoms with E-state index in [1.54, 1.807) is 0 Å².